The number of rotatable bonds is 1. The van der Waals surface area contributed by atoms with E-state index in [0.717, 1.165) is 198 Å². The van der Waals surface area contributed by atoms with Gasteiger partial charge in [0.15, 0.2) is 40.5 Å². The summed E-state index contributed by atoms with van der Waals surface area (Å²) in [5.74, 6) is 5.42. The molecular formula is C97H148O19. The van der Waals surface area contributed by atoms with E-state index in [1.54, 1.807) is 5.57 Å². The van der Waals surface area contributed by atoms with E-state index < -0.39 is 23.1 Å². The van der Waals surface area contributed by atoms with Gasteiger partial charge < -0.3 is 76.9 Å². The van der Waals surface area contributed by atoms with Crippen molar-refractivity contribution in [2.75, 3.05) is 99.1 Å². The third kappa shape index (κ3) is 13.6. The van der Waals surface area contributed by atoms with Crippen LogP contribution in [0.2, 0.25) is 0 Å². The molecule has 7 heterocycles. The van der Waals surface area contributed by atoms with Crippen molar-refractivity contribution in [3.63, 3.8) is 0 Å². The minimum Gasteiger partial charge on any atom is -0.394 e. The van der Waals surface area contributed by atoms with Crippen molar-refractivity contribution in [3.8, 4) is 0 Å². The Morgan fingerprint density at radius 3 is 1.29 bits per heavy atom. The fourth-order valence-electron chi connectivity index (χ4n) is 31.4. The van der Waals surface area contributed by atoms with Gasteiger partial charge in [-0.1, -0.05) is 110 Å². The largest absolute Gasteiger partial charge is 0.394 e. The van der Waals surface area contributed by atoms with Crippen LogP contribution in [0.3, 0.4) is 0 Å². The van der Waals surface area contributed by atoms with E-state index >= 15 is 0 Å². The van der Waals surface area contributed by atoms with Gasteiger partial charge in [0.25, 0.3) is 0 Å². The fraction of sp³-hybridized carbons (Fsp3) is 0.887. The Labute approximate surface area is 693 Å². The standard InChI is InChI=1S/C23H34O5.C23H32O5.C23H34O4.C19H26O2.C5H10O.C2H6O2.C2H6/c2*1-20-7-8-22(25-9-10-26-22)14-15(20)13-18(24)19-16(20)3-5-21(2)17(19)4-6-23(21)27-11-12-28-23;1-20-9-10-22(24-11-12-25-22)15-16(20)3-4-17-18(20)5-7-21(2)19(17)6-8-23(21)26-13-14-27-23;1-18-9-7-13(20)11-12(18)3-4-14-15-5-6-17(21)19(15,2)10-8-16(14)18;1-5-3-2-4-6-5;3-1-2-4;1-2/h13,16-19,24H,3-12,14H2,1-2H3;13,16-17,19H,3-12,14H2,1-2H3;3,17-19H,4-15H2,1-2H3;3,14-16H,4-11H2,1-2H3;5H,2-4H2,1H3;3-4H,1-2H2;1-2H3/t16?,17?,18-,19?,20-,21-;16?,17?,19?,20-,21-;17?,18?,19?,20-,21-;14?,15?,16?,18-,19-;;;/m0000.../s1. The van der Waals surface area contributed by atoms with E-state index in [2.05, 4.69) is 80.5 Å². The van der Waals surface area contributed by atoms with Gasteiger partial charge in [-0.15, -0.1) is 0 Å². The fourth-order valence-corrected chi connectivity index (χ4v) is 31.4. The van der Waals surface area contributed by atoms with Crippen LogP contribution in [0.1, 0.15) is 282 Å². The van der Waals surface area contributed by atoms with Crippen LogP contribution in [0, 0.1) is 114 Å². The summed E-state index contributed by atoms with van der Waals surface area (Å²) in [6.07, 6.45) is 43.1. The topological polar surface area (TPSA) is 232 Å². The Bertz CT molecular complexity index is 3700. The molecule has 16 aliphatic carbocycles. The van der Waals surface area contributed by atoms with Crippen molar-refractivity contribution in [1.29, 1.82) is 0 Å². The SMILES string of the molecule is CC.CC1CCCO1.C[C@]12CCC(=O)CC1=CCC1C2CC[C@]2(C)C(=O)CCC12.C[C@]12CCC3(CC1=CC(=O)C1C2CC[C@@]2(C)C1CCC21OCCO1)OCCO3.C[C@]12CCC3(CC1=CCC1C2CC[C@@]2(C)C1CCC21OCCO1)OCCO3.C[C@]12CCC3(CC1=C[C@H](O)C1C2CC[C@@]2(C)C1CCC21OCCO1)OCCO3.OCCO. The summed E-state index contributed by atoms with van der Waals surface area (Å²) < 4.78 is 78.7. The van der Waals surface area contributed by atoms with Crippen LogP contribution in [0.15, 0.2) is 46.6 Å². The normalized spacial score (nSPS) is 46.6. The molecule has 19 heteroatoms. The lowest BCUT2D eigenvalue weighted by Gasteiger charge is -2.60. The Balaban J connectivity index is 0.000000107. The molecule has 3 N–H and O–H groups in total. The molecule has 0 amide bonds. The van der Waals surface area contributed by atoms with E-state index in [4.69, 9.17) is 71.8 Å². The molecular weight excluding hydrogens is 1470 g/mol. The maximum atomic E-state index is 13.5. The first-order chi connectivity index (χ1) is 55.6. The van der Waals surface area contributed by atoms with E-state index in [9.17, 15) is 19.5 Å². The van der Waals surface area contributed by atoms with Gasteiger partial charge in [-0.25, -0.2) is 0 Å². The van der Waals surface area contributed by atoms with Crippen molar-refractivity contribution in [1.82, 2.24) is 0 Å². The molecule has 6 spiro atoms. The Kier molecular flexibility index (Phi) is 23.6. The van der Waals surface area contributed by atoms with Gasteiger partial charge in [-0.2, -0.15) is 0 Å². The van der Waals surface area contributed by atoms with Gasteiger partial charge >= 0.3 is 0 Å². The molecule has 116 heavy (non-hydrogen) atoms. The third-order valence-electron chi connectivity index (χ3n) is 37.9. The second kappa shape index (κ2) is 32.1. The number of hydrogen-bond donors (Lipinski definition) is 3. The molecule has 650 valence electrons. The van der Waals surface area contributed by atoms with Crippen molar-refractivity contribution >= 4 is 17.3 Å². The molecule has 7 aliphatic heterocycles. The number of hydrogen-bond acceptors (Lipinski definition) is 19. The first-order valence-electron chi connectivity index (χ1n) is 47.2. The molecule has 12 saturated carbocycles. The molecule has 0 aromatic heterocycles. The van der Waals surface area contributed by atoms with Crippen LogP contribution in [0.4, 0.5) is 0 Å². The highest BCUT2D eigenvalue weighted by Crippen LogP contribution is 2.74. The molecule has 7 saturated heterocycles. The lowest BCUT2D eigenvalue weighted by atomic mass is 9.47. The number of ketones is 3. The summed E-state index contributed by atoms with van der Waals surface area (Å²) in [7, 11) is 0. The average molecular weight is 1620 g/mol. The maximum Gasteiger partial charge on any atom is 0.174 e. The van der Waals surface area contributed by atoms with Gasteiger partial charge in [0.1, 0.15) is 11.6 Å². The minimum atomic E-state index is -0.468. The molecule has 0 radical (unpaired) electrons. The predicted molar refractivity (Wildman–Crippen MR) is 437 cm³/mol. The number of aliphatic hydroxyl groups excluding tert-OH is 3. The van der Waals surface area contributed by atoms with Gasteiger partial charge in [0.2, 0.25) is 0 Å². The Morgan fingerprint density at radius 1 is 0.379 bits per heavy atom. The highest BCUT2D eigenvalue weighted by atomic mass is 16.8. The predicted octanol–water partition coefficient (Wildman–Crippen LogP) is 16.7. The Morgan fingerprint density at radius 2 is 0.784 bits per heavy atom. The first kappa shape index (κ1) is 85.5. The van der Waals surface area contributed by atoms with Crippen molar-refractivity contribution in [2.24, 2.45) is 114 Å². The lowest BCUT2D eigenvalue weighted by Crippen LogP contribution is -2.58. The van der Waals surface area contributed by atoms with Crippen LogP contribution >= 0.6 is 0 Å². The number of aliphatic hydroxyl groups is 3. The number of carbonyl (C=O) groups excluding carboxylic acids is 3. The molecule has 0 aromatic rings. The monoisotopic (exact) mass is 1620 g/mol. The summed E-state index contributed by atoms with van der Waals surface area (Å²) >= 11 is 0. The van der Waals surface area contributed by atoms with Crippen LogP contribution in [0.5, 0.6) is 0 Å². The second-order valence-corrected chi connectivity index (χ2v) is 42.2. The number of ether oxygens (including phenoxy) is 13. The summed E-state index contributed by atoms with van der Waals surface area (Å²) in [6, 6.07) is 0. The number of carbonyl (C=O) groups is 3. The molecule has 13 unspecified atom stereocenters. The lowest BCUT2D eigenvalue weighted by molar-refractivity contribution is -0.248. The Hall–Kier alpha value is -2.67. The molecule has 23 aliphatic rings. The summed E-state index contributed by atoms with van der Waals surface area (Å²) in [5.41, 5.74) is 6.64. The van der Waals surface area contributed by atoms with Crippen molar-refractivity contribution in [2.45, 2.75) is 329 Å². The van der Waals surface area contributed by atoms with Crippen LogP contribution in [-0.2, 0) is 76.0 Å². The number of fused-ring (bicyclic) bond motifs is 23. The summed E-state index contributed by atoms with van der Waals surface area (Å²) in [6.45, 7) is 34.7. The van der Waals surface area contributed by atoms with Gasteiger partial charge in [-0.3, -0.25) is 14.4 Å². The van der Waals surface area contributed by atoms with E-state index in [-0.39, 0.29) is 74.7 Å². The third-order valence-corrected chi connectivity index (χ3v) is 37.9. The highest BCUT2D eigenvalue weighted by molar-refractivity contribution is 5.94. The summed E-state index contributed by atoms with van der Waals surface area (Å²) in [4.78, 5) is 37.6. The minimum absolute atomic E-state index is 0.0148. The molecule has 0 aromatic carbocycles. The smallest absolute Gasteiger partial charge is 0.174 e. The van der Waals surface area contributed by atoms with E-state index in [1.165, 1.54) is 68.1 Å². The van der Waals surface area contributed by atoms with Gasteiger partial charge in [0.05, 0.1) is 105 Å². The second-order valence-electron chi connectivity index (χ2n) is 42.2. The van der Waals surface area contributed by atoms with Crippen LogP contribution in [0.25, 0.3) is 0 Å². The van der Waals surface area contributed by atoms with Crippen molar-refractivity contribution in [3.05, 3.63) is 46.6 Å². The highest BCUT2D eigenvalue weighted by Gasteiger charge is 2.73. The zero-order valence-corrected chi connectivity index (χ0v) is 73.0. The van der Waals surface area contributed by atoms with Gasteiger partial charge in [0, 0.05) is 111 Å². The van der Waals surface area contributed by atoms with E-state index in [1.807, 2.05) is 19.9 Å². The van der Waals surface area contributed by atoms with Crippen LogP contribution < -0.4 is 0 Å². The van der Waals surface area contributed by atoms with Crippen LogP contribution in [-0.4, -0.2) is 179 Å². The zero-order chi connectivity index (χ0) is 81.4. The van der Waals surface area contributed by atoms with E-state index in [0.29, 0.717) is 135 Å². The molecule has 0 bridgehead atoms. The number of allylic oxidation sites excluding steroid dienone is 4. The molecule has 19 nitrogen and oxygen atoms in total. The number of Topliss-reactive ketones (excluding diaryl/α,β-unsaturated/α-hetero) is 2. The molecule has 23 rings (SSSR count). The molecule has 19 fully saturated rings. The first-order valence-corrected chi connectivity index (χ1v) is 47.2. The van der Waals surface area contributed by atoms with Crippen molar-refractivity contribution < 1.29 is 91.3 Å². The molecule has 22 atom stereocenters. The maximum absolute atomic E-state index is 13.5. The zero-order valence-electron chi connectivity index (χ0n) is 73.0. The summed E-state index contributed by atoms with van der Waals surface area (Å²) in [5, 5.41) is 26.6. The van der Waals surface area contributed by atoms with Gasteiger partial charge in [-0.05, 0) is 228 Å². The average Bonchev–Trinajstić information content (AvgIpc) is 1.49. The quantitative estimate of drug-likeness (QED) is 0.207.